The van der Waals surface area contributed by atoms with Crippen molar-refractivity contribution in [1.29, 1.82) is 0 Å². The van der Waals surface area contributed by atoms with Crippen molar-refractivity contribution in [3.05, 3.63) is 18.2 Å². The average molecular weight is 280 g/mol. The van der Waals surface area contributed by atoms with E-state index in [1.54, 1.807) is 6.20 Å². The summed E-state index contributed by atoms with van der Waals surface area (Å²) in [6.45, 7) is 0.660. The van der Waals surface area contributed by atoms with Crippen LogP contribution in [-0.2, 0) is 18.3 Å². The lowest BCUT2D eigenvalue weighted by Crippen LogP contribution is -2.49. The Balaban J connectivity index is 1.68. The van der Waals surface area contributed by atoms with Crippen molar-refractivity contribution in [2.24, 2.45) is 12.5 Å². The predicted molar refractivity (Wildman–Crippen MR) is 72.2 cm³/mol. The van der Waals surface area contributed by atoms with Gasteiger partial charge >= 0.3 is 12.0 Å². The van der Waals surface area contributed by atoms with E-state index < -0.39 is 11.4 Å². The molecular weight excluding hydrogens is 260 g/mol. The van der Waals surface area contributed by atoms with Crippen molar-refractivity contribution in [3.63, 3.8) is 0 Å². The standard InChI is InChI=1S/C13H20N4O3/c1-17-8-7-14-10(17)3-6-15-12(20)16-9-13(11(18)19)4-2-5-13/h7-8H,2-6,9H2,1H3,(H,18,19)(H2,15,16,20). The number of urea groups is 1. The first-order valence-corrected chi connectivity index (χ1v) is 6.75. The van der Waals surface area contributed by atoms with Crippen LogP contribution in [0, 0.1) is 5.41 Å². The molecule has 0 spiro atoms. The Bertz CT molecular complexity index is 494. The lowest BCUT2D eigenvalue weighted by atomic mass is 9.69. The molecule has 1 aliphatic carbocycles. The molecule has 1 saturated carbocycles. The van der Waals surface area contributed by atoms with Crippen LogP contribution in [-0.4, -0.2) is 39.7 Å². The summed E-state index contributed by atoms with van der Waals surface area (Å²) in [6, 6.07) is -0.327. The molecule has 0 aromatic carbocycles. The molecule has 3 N–H and O–H groups in total. The topological polar surface area (TPSA) is 96.3 Å². The highest BCUT2D eigenvalue weighted by Crippen LogP contribution is 2.40. The zero-order valence-electron chi connectivity index (χ0n) is 11.6. The van der Waals surface area contributed by atoms with Gasteiger partial charge in [-0.15, -0.1) is 0 Å². The third-order valence-corrected chi connectivity index (χ3v) is 3.91. The van der Waals surface area contributed by atoms with Crippen molar-refractivity contribution in [2.45, 2.75) is 25.7 Å². The Hall–Kier alpha value is -2.05. The number of aliphatic carboxylic acids is 1. The van der Waals surface area contributed by atoms with E-state index in [1.807, 2.05) is 17.8 Å². The summed E-state index contributed by atoms with van der Waals surface area (Å²) in [5.74, 6) is 0.0726. The zero-order valence-corrected chi connectivity index (χ0v) is 11.6. The van der Waals surface area contributed by atoms with Crippen LogP contribution in [0.15, 0.2) is 12.4 Å². The Morgan fingerprint density at radius 3 is 2.70 bits per heavy atom. The van der Waals surface area contributed by atoms with Crippen LogP contribution in [0.2, 0.25) is 0 Å². The number of carboxylic acids is 1. The third kappa shape index (κ3) is 3.09. The van der Waals surface area contributed by atoms with Gasteiger partial charge in [0.15, 0.2) is 0 Å². The molecule has 1 aromatic heterocycles. The van der Waals surface area contributed by atoms with Crippen LogP contribution in [0.25, 0.3) is 0 Å². The highest BCUT2D eigenvalue weighted by Gasteiger charge is 2.44. The number of carbonyl (C=O) groups is 2. The van der Waals surface area contributed by atoms with Crippen LogP contribution in [0.5, 0.6) is 0 Å². The highest BCUT2D eigenvalue weighted by molar-refractivity contribution is 5.78. The minimum atomic E-state index is -0.822. The fourth-order valence-electron chi connectivity index (χ4n) is 2.31. The molecule has 1 aliphatic rings. The molecule has 2 amide bonds. The van der Waals surface area contributed by atoms with E-state index in [4.69, 9.17) is 5.11 Å². The van der Waals surface area contributed by atoms with Gasteiger partial charge in [-0.05, 0) is 12.8 Å². The van der Waals surface area contributed by atoms with E-state index in [1.165, 1.54) is 0 Å². The molecule has 110 valence electrons. The second-order valence-corrected chi connectivity index (χ2v) is 5.25. The van der Waals surface area contributed by atoms with Gasteiger partial charge in [-0.3, -0.25) is 4.79 Å². The van der Waals surface area contributed by atoms with Gasteiger partial charge < -0.3 is 20.3 Å². The summed E-state index contributed by atoms with van der Waals surface area (Å²) in [5.41, 5.74) is -0.753. The minimum absolute atomic E-state index is 0.191. The molecule has 0 bridgehead atoms. The molecule has 20 heavy (non-hydrogen) atoms. The summed E-state index contributed by atoms with van der Waals surface area (Å²) >= 11 is 0. The molecule has 1 fully saturated rings. The number of carbonyl (C=O) groups excluding carboxylic acids is 1. The first-order chi connectivity index (χ1) is 9.53. The lowest BCUT2D eigenvalue weighted by molar-refractivity contribution is -0.153. The molecule has 0 saturated heterocycles. The maximum atomic E-state index is 11.6. The fraction of sp³-hybridized carbons (Fsp3) is 0.615. The van der Waals surface area contributed by atoms with Crippen LogP contribution >= 0.6 is 0 Å². The van der Waals surface area contributed by atoms with E-state index in [0.29, 0.717) is 25.8 Å². The van der Waals surface area contributed by atoms with E-state index in [0.717, 1.165) is 12.2 Å². The lowest BCUT2D eigenvalue weighted by Gasteiger charge is -2.37. The Morgan fingerprint density at radius 1 is 1.45 bits per heavy atom. The van der Waals surface area contributed by atoms with E-state index in [9.17, 15) is 9.59 Å². The Kier molecular flexibility index (Phi) is 4.26. The van der Waals surface area contributed by atoms with Crippen LogP contribution in [0.3, 0.4) is 0 Å². The summed E-state index contributed by atoms with van der Waals surface area (Å²) in [7, 11) is 1.90. The number of imidazole rings is 1. The molecule has 7 nitrogen and oxygen atoms in total. The van der Waals surface area contributed by atoms with Gasteiger partial charge in [-0.2, -0.15) is 0 Å². The molecule has 7 heteroatoms. The van der Waals surface area contributed by atoms with Gasteiger partial charge in [0.2, 0.25) is 0 Å². The first-order valence-electron chi connectivity index (χ1n) is 6.75. The van der Waals surface area contributed by atoms with Crippen molar-refractivity contribution in [1.82, 2.24) is 20.2 Å². The summed E-state index contributed by atoms with van der Waals surface area (Å²) in [5, 5.41) is 14.5. The van der Waals surface area contributed by atoms with Crippen molar-refractivity contribution in [2.75, 3.05) is 13.1 Å². The van der Waals surface area contributed by atoms with Crippen molar-refractivity contribution < 1.29 is 14.7 Å². The number of aromatic nitrogens is 2. The first kappa shape index (κ1) is 14.4. The summed E-state index contributed by atoms with van der Waals surface area (Å²) < 4.78 is 1.90. The van der Waals surface area contributed by atoms with Gasteiger partial charge in [-0.25, -0.2) is 9.78 Å². The van der Waals surface area contributed by atoms with E-state index in [2.05, 4.69) is 15.6 Å². The quantitative estimate of drug-likeness (QED) is 0.707. The van der Waals surface area contributed by atoms with Gasteiger partial charge in [0.1, 0.15) is 5.82 Å². The number of rotatable bonds is 6. The zero-order chi connectivity index (χ0) is 14.6. The highest BCUT2D eigenvalue weighted by atomic mass is 16.4. The maximum Gasteiger partial charge on any atom is 0.314 e. The molecule has 1 aromatic rings. The number of nitrogens with zero attached hydrogens (tertiary/aromatic N) is 2. The normalized spacial score (nSPS) is 16.2. The largest absolute Gasteiger partial charge is 0.481 e. The molecule has 2 rings (SSSR count). The van der Waals surface area contributed by atoms with Crippen molar-refractivity contribution >= 4 is 12.0 Å². The molecular formula is C13H20N4O3. The fourth-order valence-corrected chi connectivity index (χ4v) is 2.31. The molecule has 0 atom stereocenters. The Morgan fingerprint density at radius 2 is 2.20 bits per heavy atom. The van der Waals surface area contributed by atoms with Crippen LogP contribution in [0.1, 0.15) is 25.1 Å². The SMILES string of the molecule is Cn1ccnc1CCNC(=O)NCC1(C(=O)O)CCC1. The number of amides is 2. The third-order valence-electron chi connectivity index (χ3n) is 3.91. The van der Waals surface area contributed by atoms with Gasteiger partial charge in [-0.1, -0.05) is 6.42 Å². The molecule has 0 radical (unpaired) electrons. The van der Waals surface area contributed by atoms with Gasteiger partial charge in [0, 0.05) is 39.0 Å². The molecule has 1 heterocycles. The maximum absolute atomic E-state index is 11.6. The number of hydrogen-bond donors (Lipinski definition) is 3. The van der Waals surface area contributed by atoms with Crippen LogP contribution in [0.4, 0.5) is 4.79 Å². The average Bonchev–Trinajstić information content (AvgIpc) is 2.73. The van der Waals surface area contributed by atoms with Gasteiger partial charge in [0.25, 0.3) is 0 Å². The number of hydrogen-bond acceptors (Lipinski definition) is 3. The monoisotopic (exact) mass is 280 g/mol. The van der Waals surface area contributed by atoms with Crippen LogP contribution < -0.4 is 10.6 Å². The number of aryl methyl sites for hydroxylation is 1. The molecule has 0 unspecified atom stereocenters. The van der Waals surface area contributed by atoms with E-state index in [-0.39, 0.29) is 12.6 Å². The number of nitrogens with one attached hydrogen (secondary N) is 2. The Labute approximate surface area is 117 Å². The summed E-state index contributed by atoms with van der Waals surface area (Å²) in [4.78, 5) is 26.9. The van der Waals surface area contributed by atoms with Crippen molar-refractivity contribution in [3.8, 4) is 0 Å². The van der Waals surface area contributed by atoms with Gasteiger partial charge in [0.05, 0.1) is 5.41 Å². The minimum Gasteiger partial charge on any atom is -0.481 e. The molecule has 0 aliphatic heterocycles. The smallest absolute Gasteiger partial charge is 0.314 e. The number of carboxylic acid groups (broad SMARTS) is 1. The summed E-state index contributed by atoms with van der Waals surface area (Å²) in [6.07, 6.45) is 6.38. The second kappa shape index (κ2) is 5.94. The predicted octanol–water partition coefficient (Wildman–Crippen LogP) is 0.517. The second-order valence-electron chi connectivity index (χ2n) is 5.25. The van der Waals surface area contributed by atoms with E-state index >= 15 is 0 Å².